The number of nitrogens with two attached hydrogens (primary N) is 1. The van der Waals surface area contributed by atoms with Gasteiger partial charge >= 0.3 is 0 Å². The number of fused-ring (bicyclic) bond motifs is 1. The summed E-state index contributed by atoms with van der Waals surface area (Å²) >= 11 is 1.84. The molecular weight excluding hydrogens is 228 g/mol. The lowest BCUT2D eigenvalue weighted by atomic mass is 9.67. The minimum Gasteiger partial charge on any atom is -0.330 e. The quantitative estimate of drug-likeness (QED) is 0.902. The molecule has 1 aliphatic rings. The van der Waals surface area contributed by atoms with Crippen LogP contribution in [0, 0.1) is 12.3 Å². The number of rotatable bonds is 3. The first-order chi connectivity index (χ1) is 8.21. The van der Waals surface area contributed by atoms with Crippen molar-refractivity contribution in [3.63, 3.8) is 0 Å². The van der Waals surface area contributed by atoms with Crippen LogP contribution in [0.15, 0.2) is 18.2 Å². The summed E-state index contributed by atoms with van der Waals surface area (Å²) in [5.74, 6) is 0. The molecule has 1 saturated carbocycles. The topological polar surface area (TPSA) is 38.9 Å². The van der Waals surface area contributed by atoms with Crippen molar-refractivity contribution in [2.24, 2.45) is 11.1 Å². The van der Waals surface area contributed by atoms with Gasteiger partial charge in [0.1, 0.15) is 0 Å². The molecule has 3 rings (SSSR count). The van der Waals surface area contributed by atoms with Gasteiger partial charge in [0, 0.05) is 6.42 Å². The SMILES string of the molecule is Cc1ccc2nc(CC3(CN)CCC3)sc2c1. The minimum absolute atomic E-state index is 0.364. The van der Waals surface area contributed by atoms with Crippen LogP contribution in [0.25, 0.3) is 10.2 Å². The Morgan fingerprint density at radius 2 is 2.24 bits per heavy atom. The molecule has 1 heterocycles. The monoisotopic (exact) mass is 246 g/mol. The Morgan fingerprint density at radius 1 is 1.41 bits per heavy atom. The van der Waals surface area contributed by atoms with E-state index in [1.807, 2.05) is 11.3 Å². The van der Waals surface area contributed by atoms with Crippen LogP contribution in [-0.4, -0.2) is 11.5 Å². The molecule has 1 fully saturated rings. The van der Waals surface area contributed by atoms with Crippen LogP contribution >= 0.6 is 11.3 Å². The van der Waals surface area contributed by atoms with Crippen molar-refractivity contribution >= 4 is 21.6 Å². The molecule has 0 saturated heterocycles. The van der Waals surface area contributed by atoms with Gasteiger partial charge in [0.2, 0.25) is 0 Å². The predicted molar refractivity (Wildman–Crippen MR) is 73.4 cm³/mol. The molecule has 0 spiro atoms. The molecule has 1 aromatic carbocycles. The number of hydrogen-bond acceptors (Lipinski definition) is 3. The van der Waals surface area contributed by atoms with Crippen LogP contribution in [0.5, 0.6) is 0 Å². The van der Waals surface area contributed by atoms with Gasteiger partial charge in [0.15, 0.2) is 0 Å². The van der Waals surface area contributed by atoms with E-state index in [9.17, 15) is 0 Å². The zero-order valence-corrected chi connectivity index (χ0v) is 11.0. The summed E-state index contributed by atoms with van der Waals surface area (Å²) < 4.78 is 1.31. The predicted octanol–water partition coefficient (Wildman–Crippen LogP) is 3.28. The largest absolute Gasteiger partial charge is 0.330 e. The Bertz CT molecular complexity index is 535. The third kappa shape index (κ3) is 1.98. The van der Waals surface area contributed by atoms with Crippen molar-refractivity contribution in [1.82, 2.24) is 4.98 Å². The smallest absolute Gasteiger partial charge is 0.0944 e. The molecular formula is C14H18N2S. The normalized spacial score (nSPS) is 18.2. The molecule has 17 heavy (non-hydrogen) atoms. The number of nitrogens with zero attached hydrogens (tertiary/aromatic N) is 1. The number of hydrogen-bond donors (Lipinski definition) is 1. The maximum absolute atomic E-state index is 5.91. The molecule has 0 unspecified atom stereocenters. The minimum atomic E-state index is 0.364. The van der Waals surface area contributed by atoms with E-state index in [0.29, 0.717) is 5.41 Å². The van der Waals surface area contributed by atoms with Crippen molar-refractivity contribution in [1.29, 1.82) is 0 Å². The van der Waals surface area contributed by atoms with Gasteiger partial charge < -0.3 is 5.73 Å². The molecule has 0 radical (unpaired) electrons. The fourth-order valence-electron chi connectivity index (χ4n) is 2.61. The Kier molecular flexibility index (Phi) is 2.68. The highest BCUT2D eigenvalue weighted by molar-refractivity contribution is 7.18. The third-order valence-corrected chi connectivity index (χ3v) is 4.98. The number of aromatic nitrogens is 1. The lowest BCUT2D eigenvalue weighted by molar-refractivity contribution is 0.145. The first-order valence-electron chi connectivity index (χ1n) is 6.27. The van der Waals surface area contributed by atoms with E-state index in [-0.39, 0.29) is 0 Å². The van der Waals surface area contributed by atoms with E-state index in [4.69, 9.17) is 10.7 Å². The second-order valence-electron chi connectivity index (χ2n) is 5.31. The molecule has 2 nitrogen and oxygen atoms in total. The van der Waals surface area contributed by atoms with Gasteiger partial charge in [0.25, 0.3) is 0 Å². The van der Waals surface area contributed by atoms with Crippen molar-refractivity contribution in [3.05, 3.63) is 28.8 Å². The molecule has 3 heteroatoms. The molecule has 0 amide bonds. The number of aryl methyl sites for hydroxylation is 1. The fourth-order valence-corrected chi connectivity index (χ4v) is 3.85. The molecule has 0 atom stereocenters. The van der Waals surface area contributed by atoms with Gasteiger partial charge in [-0.2, -0.15) is 0 Å². The number of thiazole rings is 1. The summed E-state index contributed by atoms with van der Waals surface area (Å²) in [6.45, 7) is 2.94. The summed E-state index contributed by atoms with van der Waals surface area (Å²) in [4.78, 5) is 4.73. The van der Waals surface area contributed by atoms with Crippen LogP contribution < -0.4 is 5.73 Å². The van der Waals surface area contributed by atoms with Gasteiger partial charge in [-0.05, 0) is 49.4 Å². The van der Waals surface area contributed by atoms with Gasteiger partial charge in [0.05, 0.1) is 15.2 Å². The van der Waals surface area contributed by atoms with Crippen LogP contribution in [-0.2, 0) is 6.42 Å². The summed E-state index contributed by atoms with van der Waals surface area (Å²) in [6, 6.07) is 6.49. The average Bonchev–Trinajstić information content (AvgIpc) is 2.65. The second kappa shape index (κ2) is 4.07. The number of benzene rings is 1. The lowest BCUT2D eigenvalue weighted by Crippen LogP contribution is -2.39. The Balaban J connectivity index is 1.90. The first kappa shape index (κ1) is 11.2. The lowest BCUT2D eigenvalue weighted by Gasteiger charge is -2.40. The fraction of sp³-hybridized carbons (Fsp3) is 0.500. The summed E-state index contributed by atoms with van der Waals surface area (Å²) in [7, 11) is 0. The van der Waals surface area contributed by atoms with E-state index in [0.717, 1.165) is 18.5 Å². The average molecular weight is 246 g/mol. The van der Waals surface area contributed by atoms with E-state index in [1.165, 1.54) is 34.5 Å². The zero-order chi connectivity index (χ0) is 11.9. The summed E-state index contributed by atoms with van der Waals surface area (Å²) in [5, 5.41) is 1.26. The van der Waals surface area contributed by atoms with E-state index in [1.54, 1.807) is 0 Å². The van der Waals surface area contributed by atoms with Crippen LogP contribution in [0.4, 0.5) is 0 Å². The molecule has 1 aromatic heterocycles. The van der Waals surface area contributed by atoms with E-state index >= 15 is 0 Å². The van der Waals surface area contributed by atoms with Crippen molar-refractivity contribution < 1.29 is 0 Å². The van der Waals surface area contributed by atoms with Gasteiger partial charge in [-0.1, -0.05) is 12.5 Å². The third-order valence-electron chi connectivity index (χ3n) is 3.96. The Hall–Kier alpha value is -0.930. The molecule has 2 aromatic rings. The van der Waals surface area contributed by atoms with E-state index < -0.39 is 0 Å². The Labute approximate surface area is 106 Å². The van der Waals surface area contributed by atoms with Crippen LogP contribution in [0.3, 0.4) is 0 Å². The molecule has 90 valence electrons. The highest BCUT2D eigenvalue weighted by Gasteiger charge is 2.36. The van der Waals surface area contributed by atoms with Crippen molar-refractivity contribution in [2.75, 3.05) is 6.54 Å². The van der Waals surface area contributed by atoms with Crippen molar-refractivity contribution in [3.8, 4) is 0 Å². The van der Waals surface area contributed by atoms with Gasteiger partial charge in [-0.3, -0.25) is 0 Å². The van der Waals surface area contributed by atoms with Crippen LogP contribution in [0.2, 0.25) is 0 Å². The van der Waals surface area contributed by atoms with Crippen molar-refractivity contribution in [2.45, 2.75) is 32.6 Å². The Morgan fingerprint density at radius 3 is 2.88 bits per heavy atom. The highest BCUT2D eigenvalue weighted by Crippen LogP contribution is 2.43. The van der Waals surface area contributed by atoms with E-state index in [2.05, 4.69) is 25.1 Å². The van der Waals surface area contributed by atoms with Gasteiger partial charge in [-0.15, -0.1) is 11.3 Å². The molecule has 0 bridgehead atoms. The summed E-state index contributed by atoms with van der Waals surface area (Å²) in [5.41, 5.74) is 8.73. The maximum atomic E-state index is 5.91. The first-order valence-corrected chi connectivity index (χ1v) is 7.09. The van der Waals surface area contributed by atoms with Gasteiger partial charge in [-0.25, -0.2) is 4.98 Å². The molecule has 2 N–H and O–H groups in total. The highest BCUT2D eigenvalue weighted by atomic mass is 32.1. The summed E-state index contributed by atoms with van der Waals surface area (Å²) in [6.07, 6.45) is 4.96. The second-order valence-corrected chi connectivity index (χ2v) is 6.43. The maximum Gasteiger partial charge on any atom is 0.0944 e. The standard InChI is InChI=1S/C14H18N2S/c1-10-3-4-11-12(7-10)17-13(16-11)8-14(9-15)5-2-6-14/h3-4,7H,2,5-6,8-9,15H2,1H3. The van der Waals surface area contributed by atoms with Crippen LogP contribution in [0.1, 0.15) is 29.8 Å². The zero-order valence-electron chi connectivity index (χ0n) is 10.2. The molecule has 0 aliphatic heterocycles. The molecule has 1 aliphatic carbocycles.